The molecular weight excluding hydrogens is 210 g/mol. The predicted octanol–water partition coefficient (Wildman–Crippen LogP) is 2.52. The van der Waals surface area contributed by atoms with Crippen LogP contribution in [0.2, 0.25) is 0 Å². The topological polar surface area (TPSA) is 46.2 Å². The fourth-order valence-electron chi connectivity index (χ4n) is 2.53. The zero-order chi connectivity index (χ0) is 12.9. The number of aliphatic hydroxyl groups excluding tert-OH is 1. The lowest BCUT2D eigenvalue weighted by Gasteiger charge is -2.32. The van der Waals surface area contributed by atoms with Gasteiger partial charge in [-0.1, -0.05) is 43.7 Å². The molecule has 2 nitrogen and oxygen atoms in total. The highest BCUT2D eigenvalue weighted by atomic mass is 16.3. The molecule has 1 aromatic carbocycles. The van der Waals surface area contributed by atoms with Crippen molar-refractivity contribution in [1.29, 1.82) is 0 Å². The summed E-state index contributed by atoms with van der Waals surface area (Å²) in [5.41, 5.74) is 8.26. The van der Waals surface area contributed by atoms with Crippen molar-refractivity contribution in [2.24, 2.45) is 17.1 Å². The normalized spacial score (nSPS) is 14.9. The summed E-state index contributed by atoms with van der Waals surface area (Å²) in [6, 6.07) is 8.46. The minimum Gasteiger partial charge on any atom is -0.396 e. The van der Waals surface area contributed by atoms with Gasteiger partial charge in [-0.25, -0.2) is 0 Å². The van der Waals surface area contributed by atoms with E-state index in [0.29, 0.717) is 12.5 Å². The van der Waals surface area contributed by atoms with Crippen LogP contribution in [0.25, 0.3) is 0 Å². The zero-order valence-corrected chi connectivity index (χ0v) is 11.2. The molecule has 0 aromatic heterocycles. The summed E-state index contributed by atoms with van der Waals surface area (Å²) in [5, 5.41) is 9.68. The van der Waals surface area contributed by atoms with E-state index in [0.717, 1.165) is 12.8 Å². The van der Waals surface area contributed by atoms with E-state index in [2.05, 4.69) is 45.0 Å². The third kappa shape index (κ3) is 4.14. The van der Waals surface area contributed by atoms with Crippen LogP contribution in [-0.2, 0) is 6.42 Å². The van der Waals surface area contributed by atoms with Gasteiger partial charge >= 0.3 is 0 Å². The Hall–Kier alpha value is -0.860. The molecule has 0 spiro atoms. The van der Waals surface area contributed by atoms with Crippen molar-refractivity contribution in [3.05, 3.63) is 35.4 Å². The summed E-state index contributed by atoms with van der Waals surface area (Å²) in [5.74, 6) is 0.551. The van der Waals surface area contributed by atoms with Gasteiger partial charge in [0.1, 0.15) is 0 Å². The van der Waals surface area contributed by atoms with Crippen molar-refractivity contribution in [2.45, 2.75) is 33.6 Å². The first-order valence-electron chi connectivity index (χ1n) is 6.38. The van der Waals surface area contributed by atoms with Crippen molar-refractivity contribution in [1.82, 2.24) is 0 Å². The summed E-state index contributed by atoms with van der Waals surface area (Å²) in [6.07, 6.45) is 1.83. The third-order valence-electron chi connectivity index (χ3n) is 3.27. The number of aliphatic hydroxyl groups is 1. The number of rotatable bonds is 6. The fourth-order valence-corrected chi connectivity index (χ4v) is 2.53. The van der Waals surface area contributed by atoms with Crippen molar-refractivity contribution in [3.8, 4) is 0 Å². The van der Waals surface area contributed by atoms with Gasteiger partial charge in [0.2, 0.25) is 0 Å². The van der Waals surface area contributed by atoms with Crippen LogP contribution in [0.3, 0.4) is 0 Å². The van der Waals surface area contributed by atoms with Crippen LogP contribution in [0.4, 0.5) is 0 Å². The van der Waals surface area contributed by atoms with Crippen molar-refractivity contribution in [2.75, 3.05) is 13.2 Å². The summed E-state index contributed by atoms with van der Waals surface area (Å²) in [6.45, 7) is 7.15. The van der Waals surface area contributed by atoms with E-state index >= 15 is 0 Å². The Labute approximate surface area is 105 Å². The van der Waals surface area contributed by atoms with Gasteiger partial charge in [0.15, 0.2) is 0 Å². The largest absolute Gasteiger partial charge is 0.396 e. The maximum Gasteiger partial charge on any atom is 0.0502 e. The first-order valence-corrected chi connectivity index (χ1v) is 6.38. The highest BCUT2D eigenvalue weighted by molar-refractivity contribution is 5.23. The Morgan fingerprint density at radius 3 is 2.53 bits per heavy atom. The second kappa shape index (κ2) is 6.18. The van der Waals surface area contributed by atoms with Gasteiger partial charge < -0.3 is 10.8 Å². The minimum atomic E-state index is -0.165. The molecule has 0 radical (unpaired) electrons. The van der Waals surface area contributed by atoms with Gasteiger partial charge in [0, 0.05) is 12.0 Å². The van der Waals surface area contributed by atoms with Crippen molar-refractivity contribution < 1.29 is 5.11 Å². The SMILES string of the molecule is Cc1cccc(CC(CN)(CO)CC(C)C)c1. The molecule has 1 atom stereocenters. The Bertz CT molecular complexity index is 343. The second-order valence-corrected chi connectivity index (χ2v) is 5.63. The van der Waals surface area contributed by atoms with E-state index in [9.17, 15) is 5.11 Å². The number of aryl methyl sites for hydroxylation is 1. The molecule has 96 valence electrons. The molecule has 0 fully saturated rings. The molecule has 0 amide bonds. The van der Waals surface area contributed by atoms with Gasteiger partial charge in [0.05, 0.1) is 6.61 Å². The average molecular weight is 235 g/mol. The first-order chi connectivity index (χ1) is 8.01. The molecule has 2 heteroatoms. The lowest BCUT2D eigenvalue weighted by Crippen LogP contribution is -2.37. The molecule has 0 saturated carbocycles. The summed E-state index contributed by atoms with van der Waals surface area (Å²) >= 11 is 0. The quantitative estimate of drug-likeness (QED) is 0.796. The van der Waals surface area contributed by atoms with Crippen molar-refractivity contribution >= 4 is 0 Å². The van der Waals surface area contributed by atoms with Gasteiger partial charge in [-0.2, -0.15) is 0 Å². The van der Waals surface area contributed by atoms with E-state index in [1.807, 2.05) is 0 Å². The van der Waals surface area contributed by atoms with Gasteiger partial charge in [0.25, 0.3) is 0 Å². The second-order valence-electron chi connectivity index (χ2n) is 5.63. The van der Waals surface area contributed by atoms with Gasteiger partial charge in [-0.05, 0) is 31.2 Å². The van der Waals surface area contributed by atoms with Crippen LogP contribution in [0.1, 0.15) is 31.4 Å². The molecule has 3 N–H and O–H groups in total. The van der Waals surface area contributed by atoms with Crippen LogP contribution in [0.15, 0.2) is 24.3 Å². The first kappa shape index (κ1) is 14.2. The lowest BCUT2D eigenvalue weighted by molar-refractivity contribution is 0.108. The van der Waals surface area contributed by atoms with E-state index in [4.69, 9.17) is 5.73 Å². The smallest absolute Gasteiger partial charge is 0.0502 e. The van der Waals surface area contributed by atoms with E-state index < -0.39 is 0 Å². The van der Waals surface area contributed by atoms with Crippen LogP contribution in [0, 0.1) is 18.3 Å². The molecule has 1 unspecified atom stereocenters. The van der Waals surface area contributed by atoms with Crippen LogP contribution in [-0.4, -0.2) is 18.3 Å². The molecule has 0 aliphatic carbocycles. The molecule has 0 bridgehead atoms. The highest BCUT2D eigenvalue weighted by Crippen LogP contribution is 2.29. The maximum atomic E-state index is 9.68. The van der Waals surface area contributed by atoms with Gasteiger partial charge in [-0.3, -0.25) is 0 Å². The van der Waals surface area contributed by atoms with Crippen LogP contribution >= 0.6 is 0 Å². The Kier molecular flexibility index (Phi) is 5.16. The highest BCUT2D eigenvalue weighted by Gasteiger charge is 2.29. The number of nitrogens with two attached hydrogens (primary N) is 1. The maximum absolute atomic E-state index is 9.68. The lowest BCUT2D eigenvalue weighted by atomic mass is 9.76. The molecule has 0 saturated heterocycles. The molecule has 0 aliphatic heterocycles. The third-order valence-corrected chi connectivity index (χ3v) is 3.27. The summed E-state index contributed by atoms with van der Waals surface area (Å²) in [7, 11) is 0. The Morgan fingerprint density at radius 1 is 1.35 bits per heavy atom. The molecule has 0 heterocycles. The zero-order valence-electron chi connectivity index (χ0n) is 11.2. The standard InChI is InChI=1S/C15H25NO/c1-12(2)8-15(10-16,11-17)9-14-6-4-5-13(3)7-14/h4-7,12,17H,8-11,16H2,1-3H3. The molecule has 1 aromatic rings. The van der Waals surface area contributed by atoms with E-state index in [-0.39, 0.29) is 12.0 Å². The monoisotopic (exact) mass is 235 g/mol. The Morgan fingerprint density at radius 2 is 2.06 bits per heavy atom. The Balaban J connectivity index is 2.85. The van der Waals surface area contributed by atoms with Crippen LogP contribution in [0.5, 0.6) is 0 Å². The molecule has 17 heavy (non-hydrogen) atoms. The van der Waals surface area contributed by atoms with Crippen molar-refractivity contribution in [3.63, 3.8) is 0 Å². The summed E-state index contributed by atoms with van der Waals surface area (Å²) in [4.78, 5) is 0. The van der Waals surface area contributed by atoms with Crippen LogP contribution < -0.4 is 5.73 Å². The number of hydrogen-bond acceptors (Lipinski definition) is 2. The average Bonchev–Trinajstić information content (AvgIpc) is 2.27. The van der Waals surface area contributed by atoms with E-state index in [1.165, 1.54) is 11.1 Å². The van der Waals surface area contributed by atoms with Gasteiger partial charge in [-0.15, -0.1) is 0 Å². The molecule has 1 rings (SSSR count). The minimum absolute atomic E-state index is 0.162. The molecular formula is C15H25NO. The fraction of sp³-hybridized carbons (Fsp3) is 0.600. The number of hydrogen-bond donors (Lipinski definition) is 2. The van der Waals surface area contributed by atoms with E-state index in [1.54, 1.807) is 0 Å². The summed E-state index contributed by atoms with van der Waals surface area (Å²) < 4.78 is 0. The number of benzene rings is 1. The molecule has 0 aliphatic rings. The predicted molar refractivity (Wildman–Crippen MR) is 72.9 cm³/mol.